The molecule has 2 heterocycles. The molecule has 0 spiro atoms. The lowest BCUT2D eigenvalue weighted by Crippen LogP contribution is -2.22. The monoisotopic (exact) mass is 311 g/mol. The maximum Gasteiger partial charge on any atom is 0.123 e. The van der Waals surface area contributed by atoms with Crippen molar-refractivity contribution in [1.82, 2.24) is 24.9 Å². The summed E-state index contributed by atoms with van der Waals surface area (Å²) in [6, 6.07) is 8.30. The van der Waals surface area contributed by atoms with E-state index in [9.17, 15) is 4.39 Å². The Kier molecular flexibility index (Phi) is 4.34. The van der Waals surface area contributed by atoms with E-state index in [2.05, 4.69) is 22.1 Å². The standard InChI is InChI=1S/C17H18FN5/c1-3-23-12-13(11-20-23)10-19-17(16-8-9-22(2)21-16)14-4-6-15(18)7-5-14/h3-9,11-12,17,19H,1,10H2,2H3/t17-/m1/s1. The molecule has 5 nitrogen and oxygen atoms in total. The van der Waals surface area contributed by atoms with Crippen LogP contribution in [0.3, 0.4) is 0 Å². The molecule has 1 aromatic carbocycles. The summed E-state index contributed by atoms with van der Waals surface area (Å²) in [6.45, 7) is 4.29. The first-order valence-electron chi connectivity index (χ1n) is 7.29. The molecular weight excluding hydrogens is 293 g/mol. The van der Waals surface area contributed by atoms with Crippen molar-refractivity contribution in [3.63, 3.8) is 0 Å². The zero-order valence-electron chi connectivity index (χ0n) is 12.9. The fourth-order valence-corrected chi connectivity index (χ4v) is 2.42. The van der Waals surface area contributed by atoms with Gasteiger partial charge in [0.25, 0.3) is 0 Å². The average molecular weight is 311 g/mol. The number of aromatic nitrogens is 4. The van der Waals surface area contributed by atoms with E-state index >= 15 is 0 Å². The summed E-state index contributed by atoms with van der Waals surface area (Å²) < 4.78 is 16.6. The van der Waals surface area contributed by atoms with Crippen molar-refractivity contribution >= 4 is 6.20 Å². The van der Waals surface area contributed by atoms with E-state index in [-0.39, 0.29) is 11.9 Å². The predicted molar refractivity (Wildman–Crippen MR) is 86.9 cm³/mol. The number of rotatable bonds is 6. The Morgan fingerprint density at radius 1 is 1.30 bits per heavy atom. The van der Waals surface area contributed by atoms with Crippen LogP contribution in [0.2, 0.25) is 0 Å². The van der Waals surface area contributed by atoms with E-state index in [1.807, 2.05) is 25.5 Å². The molecule has 0 fully saturated rings. The minimum Gasteiger partial charge on any atom is -0.301 e. The van der Waals surface area contributed by atoms with Crippen molar-refractivity contribution in [1.29, 1.82) is 0 Å². The molecule has 1 atom stereocenters. The molecule has 6 heteroatoms. The van der Waals surface area contributed by atoms with Gasteiger partial charge in [-0.2, -0.15) is 10.2 Å². The molecule has 118 valence electrons. The van der Waals surface area contributed by atoms with Crippen molar-refractivity contribution in [2.75, 3.05) is 0 Å². The number of halogens is 1. The van der Waals surface area contributed by atoms with Crippen LogP contribution in [0, 0.1) is 5.82 Å². The highest BCUT2D eigenvalue weighted by Crippen LogP contribution is 2.21. The lowest BCUT2D eigenvalue weighted by atomic mass is 10.0. The molecule has 1 N–H and O–H groups in total. The lowest BCUT2D eigenvalue weighted by molar-refractivity contribution is 0.576. The van der Waals surface area contributed by atoms with Crippen LogP contribution in [0.5, 0.6) is 0 Å². The minimum atomic E-state index is -0.249. The van der Waals surface area contributed by atoms with Crippen molar-refractivity contribution in [3.05, 3.63) is 78.1 Å². The molecule has 3 rings (SSSR count). The first-order valence-corrected chi connectivity index (χ1v) is 7.29. The van der Waals surface area contributed by atoms with Crippen molar-refractivity contribution in [2.24, 2.45) is 7.05 Å². The summed E-state index contributed by atoms with van der Waals surface area (Å²) in [4.78, 5) is 0. The molecule has 0 aliphatic carbocycles. The summed E-state index contributed by atoms with van der Waals surface area (Å²) in [5, 5.41) is 12.1. The Labute approximate surface area is 134 Å². The molecule has 3 aromatic rings. The zero-order valence-corrected chi connectivity index (χ0v) is 12.9. The van der Waals surface area contributed by atoms with Gasteiger partial charge in [0.05, 0.1) is 17.9 Å². The third kappa shape index (κ3) is 3.54. The summed E-state index contributed by atoms with van der Waals surface area (Å²) in [5.41, 5.74) is 2.88. The highest BCUT2D eigenvalue weighted by atomic mass is 19.1. The largest absolute Gasteiger partial charge is 0.301 e. The molecule has 0 unspecified atom stereocenters. The Bertz CT molecular complexity index is 787. The lowest BCUT2D eigenvalue weighted by Gasteiger charge is -2.17. The summed E-state index contributed by atoms with van der Waals surface area (Å²) in [6.07, 6.45) is 7.22. The van der Waals surface area contributed by atoms with E-state index in [1.54, 1.807) is 33.9 Å². The number of nitrogens with zero attached hydrogens (tertiary/aromatic N) is 4. The van der Waals surface area contributed by atoms with Crippen LogP contribution in [0.1, 0.15) is 22.9 Å². The third-order valence-corrected chi connectivity index (χ3v) is 3.59. The number of benzene rings is 1. The molecule has 0 saturated heterocycles. The second-order valence-electron chi connectivity index (χ2n) is 5.29. The molecular formula is C17H18FN5. The zero-order chi connectivity index (χ0) is 16.2. The van der Waals surface area contributed by atoms with Gasteiger partial charge in [0.15, 0.2) is 0 Å². The quantitative estimate of drug-likeness (QED) is 0.761. The van der Waals surface area contributed by atoms with E-state index in [4.69, 9.17) is 0 Å². The van der Waals surface area contributed by atoms with Gasteiger partial charge in [0, 0.05) is 37.7 Å². The SMILES string of the molecule is C=Cn1cc(CN[C@H](c2ccc(F)cc2)c2ccn(C)n2)cn1. The van der Waals surface area contributed by atoms with Crippen LogP contribution in [-0.2, 0) is 13.6 Å². The van der Waals surface area contributed by atoms with Crippen LogP contribution < -0.4 is 5.32 Å². The van der Waals surface area contributed by atoms with Gasteiger partial charge in [-0.3, -0.25) is 4.68 Å². The molecule has 0 aliphatic heterocycles. The van der Waals surface area contributed by atoms with Crippen LogP contribution in [0.4, 0.5) is 4.39 Å². The van der Waals surface area contributed by atoms with E-state index in [0.29, 0.717) is 6.54 Å². The van der Waals surface area contributed by atoms with Crippen LogP contribution in [0.15, 0.2) is 55.5 Å². The predicted octanol–water partition coefficient (Wildman–Crippen LogP) is 2.74. The smallest absolute Gasteiger partial charge is 0.123 e. The topological polar surface area (TPSA) is 47.7 Å². The number of aryl methyl sites for hydroxylation is 1. The van der Waals surface area contributed by atoms with Gasteiger partial charge < -0.3 is 5.32 Å². The fourth-order valence-electron chi connectivity index (χ4n) is 2.42. The van der Waals surface area contributed by atoms with Gasteiger partial charge in [-0.05, 0) is 23.8 Å². The van der Waals surface area contributed by atoms with Crippen LogP contribution >= 0.6 is 0 Å². The third-order valence-electron chi connectivity index (χ3n) is 3.59. The molecule has 2 aromatic heterocycles. The van der Waals surface area contributed by atoms with Crippen LogP contribution in [-0.4, -0.2) is 19.6 Å². The summed E-state index contributed by atoms with van der Waals surface area (Å²) in [7, 11) is 1.87. The van der Waals surface area contributed by atoms with Crippen molar-refractivity contribution in [2.45, 2.75) is 12.6 Å². The molecule has 0 amide bonds. The average Bonchev–Trinajstić information content (AvgIpc) is 3.18. The maximum absolute atomic E-state index is 13.2. The van der Waals surface area contributed by atoms with Gasteiger partial charge in [-0.1, -0.05) is 18.7 Å². The highest BCUT2D eigenvalue weighted by Gasteiger charge is 2.16. The Morgan fingerprint density at radius 2 is 2.09 bits per heavy atom. The summed E-state index contributed by atoms with van der Waals surface area (Å²) in [5.74, 6) is -0.249. The number of hydrogen-bond acceptors (Lipinski definition) is 3. The van der Waals surface area contributed by atoms with E-state index < -0.39 is 0 Å². The second-order valence-corrected chi connectivity index (χ2v) is 5.29. The van der Waals surface area contributed by atoms with E-state index in [1.165, 1.54) is 12.1 Å². The van der Waals surface area contributed by atoms with E-state index in [0.717, 1.165) is 16.8 Å². The number of hydrogen-bond donors (Lipinski definition) is 1. The van der Waals surface area contributed by atoms with Gasteiger partial charge in [0.1, 0.15) is 5.82 Å². The first kappa shape index (κ1) is 15.2. The molecule has 0 aliphatic rings. The molecule has 0 bridgehead atoms. The fraction of sp³-hybridized carbons (Fsp3) is 0.176. The first-order chi connectivity index (χ1) is 11.2. The Morgan fingerprint density at radius 3 is 2.70 bits per heavy atom. The Hall–Kier alpha value is -2.73. The van der Waals surface area contributed by atoms with Gasteiger partial charge in [-0.15, -0.1) is 0 Å². The highest BCUT2D eigenvalue weighted by molar-refractivity contribution is 5.28. The normalized spacial score (nSPS) is 12.3. The van der Waals surface area contributed by atoms with Crippen LogP contribution in [0.25, 0.3) is 6.20 Å². The van der Waals surface area contributed by atoms with Crippen molar-refractivity contribution in [3.8, 4) is 0 Å². The number of nitrogens with one attached hydrogen (secondary N) is 1. The molecule has 0 saturated carbocycles. The Balaban J connectivity index is 1.82. The molecule has 23 heavy (non-hydrogen) atoms. The maximum atomic E-state index is 13.2. The van der Waals surface area contributed by atoms with Gasteiger partial charge in [-0.25, -0.2) is 9.07 Å². The van der Waals surface area contributed by atoms with Crippen molar-refractivity contribution < 1.29 is 4.39 Å². The molecule has 0 radical (unpaired) electrons. The second kappa shape index (κ2) is 6.58. The van der Waals surface area contributed by atoms with Gasteiger partial charge in [0.2, 0.25) is 0 Å². The minimum absolute atomic E-state index is 0.121. The summed E-state index contributed by atoms with van der Waals surface area (Å²) >= 11 is 0. The van der Waals surface area contributed by atoms with Gasteiger partial charge >= 0.3 is 0 Å².